The average molecular weight is 389 g/mol. The van der Waals surface area contributed by atoms with E-state index in [9.17, 15) is 13.2 Å². The molecule has 2 aliphatic heterocycles. The number of urea groups is 1. The summed E-state index contributed by atoms with van der Waals surface area (Å²) < 4.78 is 26.5. The second kappa shape index (κ2) is 8.02. The van der Waals surface area contributed by atoms with Crippen LogP contribution in [0.15, 0.2) is 0 Å². The molecule has 0 atom stereocenters. The molecule has 2 heterocycles. The number of hydrogen-bond donors (Lipinski definition) is 3. The lowest BCUT2D eigenvalue weighted by atomic mass is 9.79. The molecular formula is C18H36N4O3S. The average Bonchev–Trinajstić information content (AvgIpc) is 2.43. The topological polar surface area (TPSA) is 90.5 Å². The Kier molecular flexibility index (Phi) is 6.62. The smallest absolute Gasteiger partial charge is 0.317 e. The Balaban J connectivity index is 1.83. The van der Waals surface area contributed by atoms with Crippen molar-refractivity contribution < 1.29 is 13.2 Å². The first-order valence-corrected chi connectivity index (χ1v) is 11.4. The lowest BCUT2D eigenvalue weighted by Crippen LogP contribution is -2.63. The van der Waals surface area contributed by atoms with E-state index in [2.05, 4.69) is 43.1 Å². The molecule has 26 heavy (non-hydrogen) atoms. The molecule has 3 N–H and O–H groups in total. The van der Waals surface area contributed by atoms with Crippen LogP contribution in [-0.4, -0.2) is 61.4 Å². The van der Waals surface area contributed by atoms with Crippen LogP contribution in [-0.2, 0) is 10.0 Å². The van der Waals surface area contributed by atoms with Crippen LogP contribution in [0, 0.1) is 0 Å². The molecule has 0 aromatic rings. The van der Waals surface area contributed by atoms with Crippen molar-refractivity contribution in [3.8, 4) is 0 Å². The molecule has 8 heteroatoms. The highest BCUT2D eigenvalue weighted by Gasteiger charge is 2.38. The molecule has 152 valence electrons. The maximum Gasteiger partial charge on any atom is 0.317 e. The maximum absolute atomic E-state index is 12.6. The van der Waals surface area contributed by atoms with E-state index in [1.165, 1.54) is 0 Å². The first-order chi connectivity index (χ1) is 11.9. The minimum absolute atomic E-state index is 0.00968. The first-order valence-electron chi connectivity index (χ1n) is 9.76. The van der Waals surface area contributed by atoms with Gasteiger partial charge in [0, 0.05) is 36.3 Å². The summed E-state index contributed by atoms with van der Waals surface area (Å²) in [5.41, 5.74) is -0.0194. The Morgan fingerprint density at radius 1 is 1.08 bits per heavy atom. The van der Waals surface area contributed by atoms with Gasteiger partial charge in [-0.05, 0) is 59.8 Å². The molecule has 2 rings (SSSR count). The molecule has 2 saturated heterocycles. The Morgan fingerprint density at radius 2 is 1.62 bits per heavy atom. The van der Waals surface area contributed by atoms with E-state index in [0.717, 1.165) is 12.8 Å². The zero-order valence-corrected chi connectivity index (χ0v) is 17.7. The predicted octanol–water partition coefficient (Wildman–Crippen LogP) is 1.80. The standard InChI is InChI=1S/C18H36N4O3S/c1-6-11-26(24,25)20-14-7-9-22(10-8-14)16(23)19-15-12-17(2,3)21-18(4,5)13-15/h14-15,20-21H,6-13H2,1-5H3,(H,19,23). The highest BCUT2D eigenvalue weighted by molar-refractivity contribution is 7.89. The Hall–Kier alpha value is -0.860. The second-order valence-corrected chi connectivity index (χ2v) is 11.0. The fourth-order valence-corrected chi connectivity index (χ4v) is 5.87. The van der Waals surface area contributed by atoms with Gasteiger partial charge in [-0.2, -0.15) is 0 Å². The zero-order valence-electron chi connectivity index (χ0n) is 16.9. The van der Waals surface area contributed by atoms with Crippen LogP contribution in [0.5, 0.6) is 0 Å². The quantitative estimate of drug-likeness (QED) is 0.670. The summed E-state index contributed by atoms with van der Waals surface area (Å²) >= 11 is 0. The van der Waals surface area contributed by atoms with Crippen molar-refractivity contribution in [2.45, 2.75) is 89.9 Å². The molecule has 0 aromatic heterocycles. The molecule has 0 spiro atoms. The van der Waals surface area contributed by atoms with E-state index in [0.29, 0.717) is 32.4 Å². The van der Waals surface area contributed by atoms with E-state index >= 15 is 0 Å². The van der Waals surface area contributed by atoms with Gasteiger partial charge in [0.05, 0.1) is 5.75 Å². The van der Waals surface area contributed by atoms with Gasteiger partial charge in [0.25, 0.3) is 0 Å². The molecule has 7 nitrogen and oxygen atoms in total. The summed E-state index contributed by atoms with van der Waals surface area (Å²) in [5.74, 6) is 0.162. The first kappa shape index (κ1) is 21.4. The van der Waals surface area contributed by atoms with Crippen LogP contribution in [0.4, 0.5) is 4.79 Å². The van der Waals surface area contributed by atoms with E-state index in [1.54, 1.807) is 0 Å². The number of amides is 2. The second-order valence-electron chi connectivity index (χ2n) is 9.15. The van der Waals surface area contributed by atoms with Gasteiger partial charge in [-0.25, -0.2) is 17.9 Å². The summed E-state index contributed by atoms with van der Waals surface area (Å²) in [5, 5.41) is 6.81. The third-order valence-electron chi connectivity index (χ3n) is 5.12. The van der Waals surface area contributed by atoms with Gasteiger partial charge in [0.2, 0.25) is 10.0 Å². The molecule has 2 amide bonds. The van der Waals surface area contributed by atoms with Gasteiger partial charge in [0.1, 0.15) is 0 Å². The number of carbonyl (C=O) groups is 1. The summed E-state index contributed by atoms with van der Waals surface area (Å²) in [7, 11) is -3.19. The van der Waals surface area contributed by atoms with Crippen molar-refractivity contribution >= 4 is 16.1 Å². The number of nitrogens with zero attached hydrogens (tertiary/aromatic N) is 1. The Morgan fingerprint density at radius 3 is 2.12 bits per heavy atom. The maximum atomic E-state index is 12.6. The van der Waals surface area contributed by atoms with E-state index in [1.807, 2.05) is 11.8 Å². The molecule has 2 fully saturated rings. The summed E-state index contributed by atoms with van der Waals surface area (Å²) in [6.45, 7) is 11.7. The van der Waals surface area contributed by atoms with Gasteiger partial charge in [-0.3, -0.25) is 0 Å². The van der Waals surface area contributed by atoms with Crippen LogP contribution in [0.1, 0.15) is 66.7 Å². The third-order valence-corrected chi connectivity index (χ3v) is 6.76. The number of rotatable bonds is 5. The van der Waals surface area contributed by atoms with Crippen molar-refractivity contribution in [3.05, 3.63) is 0 Å². The van der Waals surface area contributed by atoms with Crippen LogP contribution < -0.4 is 15.4 Å². The van der Waals surface area contributed by atoms with Crippen LogP contribution in [0.25, 0.3) is 0 Å². The van der Waals surface area contributed by atoms with Crippen molar-refractivity contribution in [1.29, 1.82) is 0 Å². The predicted molar refractivity (Wildman–Crippen MR) is 105 cm³/mol. The van der Waals surface area contributed by atoms with Crippen LogP contribution in [0.3, 0.4) is 0 Å². The minimum atomic E-state index is -3.19. The van der Waals surface area contributed by atoms with E-state index < -0.39 is 10.0 Å². The number of nitrogens with one attached hydrogen (secondary N) is 3. The number of likely N-dealkylation sites (tertiary alicyclic amines) is 1. The molecule has 2 aliphatic rings. The van der Waals surface area contributed by atoms with Crippen LogP contribution >= 0.6 is 0 Å². The van der Waals surface area contributed by atoms with Crippen molar-refractivity contribution in [3.63, 3.8) is 0 Å². The van der Waals surface area contributed by atoms with E-state index in [-0.39, 0.29) is 34.9 Å². The fraction of sp³-hybridized carbons (Fsp3) is 0.944. The molecule has 0 radical (unpaired) electrons. The van der Waals surface area contributed by atoms with Gasteiger partial charge >= 0.3 is 6.03 Å². The molecule has 0 unspecified atom stereocenters. The summed E-state index contributed by atoms with van der Waals surface area (Å²) in [6, 6.07) is 0.0558. The highest BCUT2D eigenvalue weighted by atomic mass is 32.2. The summed E-state index contributed by atoms with van der Waals surface area (Å²) in [4.78, 5) is 14.5. The number of carbonyl (C=O) groups excluding carboxylic acids is 1. The molecule has 0 bridgehead atoms. The van der Waals surface area contributed by atoms with Gasteiger partial charge in [0.15, 0.2) is 0 Å². The number of piperidine rings is 2. The minimum Gasteiger partial charge on any atom is -0.335 e. The van der Waals surface area contributed by atoms with Crippen molar-refractivity contribution in [1.82, 2.24) is 20.3 Å². The molecule has 0 saturated carbocycles. The largest absolute Gasteiger partial charge is 0.335 e. The number of sulfonamides is 1. The summed E-state index contributed by atoms with van der Waals surface area (Å²) in [6.07, 6.45) is 3.74. The fourth-order valence-electron chi connectivity index (χ4n) is 4.47. The Bertz CT molecular complexity index is 580. The van der Waals surface area contributed by atoms with Crippen molar-refractivity contribution in [2.75, 3.05) is 18.8 Å². The van der Waals surface area contributed by atoms with E-state index in [4.69, 9.17) is 0 Å². The lowest BCUT2D eigenvalue weighted by Gasteiger charge is -2.47. The normalized spacial score (nSPS) is 24.4. The van der Waals surface area contributed by atoms with Gasteiger partial charge in [-0.1, -0.05) is 6.92 Å². The monoisotopic (exact) mass is 388 g/mol. The molecule has 0 aliphatic carbocycles. The van der Waals surface area contributed by atoms with Gasteiger partial charge in [-0.15, -0.1) is 0 Å². The van der Waals surface area contributed by atoms with Gasteiger partial charge < -0.3 is 15.5 Å². The number of hydrogen-bond acceptors (Lipinski definition) is 4. The molecular weight excluding hydrogens is 352 g/mol. The highest BCUT2D eigenvalue weighted by Crippen LogP contribution is 2.28. The van der Waals surface area contributed by atoms with Crippen LogP contribution in [0.2, 0.25) is 0 Å². The lowest BCUT2D eigenvalue weighted by molar-refractivity contribution is 0.134. The Labute approximate surface area is 158 Å². The third kappa shape index (κ3) is 6.39. The zero-order chi connectivity index (χ0) is 19.6. The van der Waals surface area contributed by atoms with Crippen molar-refractivity contribution in [2.24, 2.45) is 0 Å². The SMILES string of the molecule is CCCS(=O)(=O)NC1CCN(C(=O)NC2CC(C)(C)NC(C)(C)C2)CC1. The molecule has 0 aromatic carbocycles.